The van der Waals surface area contributed by atoms with Crippen LogP contribution in [0, 0.1) is 5.92 Å². The summed E-state index contributed by atoms with van der Waals surface area (Å²) >= 11 is 0. The standard InChI is InChI=1S/C21H21F3N6O5/c1-25-19(32)11-8-26-15(29-18(31)10-3-4-10)7-13(11)28-14-9-27-30-6-5-12(17(35-2)16(14)30)20(33,34)21(22,23)24/h5-10,33-34H,3-4H2,1-2H3,(H,25,32)(H2,26,28,29,31)/i1D3. The largest absolute Gasteiger partial charge is 0.494 e. The number of carbonyl (C=O) groups is 2. The number of nitrogens with zero attached hydrogens (tertiary/aromatic N) is 3. The van der Waals surface area contributed by atoms with E-state index in [-0.39, 0.29) is 40.1 Å². The molecule has 14 heteroatoms. The van der Waals surface area contributed by atoms with Crippen LogP contribution in [-0.4, -0.2) is 56.9 Å². The van der Waals surface area contributed by atoms with Gasteiger partial charge in [0.25, 0.3) is 11.7 Å². The van der Waals surface area contributed by atoms with E-state index in [1.165, 1.54) is 6.07 Å². The Morgan fingerprint density at radius 1 is 1.26 bits per heavy atom. The maximum atomic E-state index is 13.4. The number of aromatic nitrogens is 3. The number of amides is 2. The minimum atomic E-state index is -5.48. The van der Waals surface area contributed by atoms with Crippen LogP contribution in [0.1, 0.15) is 32.9 Å². The first kappa shape index (κ1) is 20.5. The van der Waals surface area contributed by atoms with Crippen LogP contribution in [0.4, 0.5) is 30.4 Å². The highest BCUT2D eigenvalue weighted by molar-refractivity contribution is 6.02. The molecular weight excluding hydrogens is 473 g/mol. The summed E-state index contributed by atoms with van der Waals surface area (Å²) in [6, 6.07) is 2.00. The Hall–Kier alpha value is -3.91. The van der Waals surface area contributed by atoms with Gasteiger partial charge in [0.2, 0.25) is 5.91 Å². The molecule has 35 heavy (non-hydrogen) atoms. The van der Waals surface area contributed by atoms with E-state index in [1.54, 1.807) is 5.32 Å². The zero-order valence-corrected chi connectivity index (χ0v) is 18.0. The second-order valence-corrected chi connectivity index (χ2v) is 7.74. The summed E-state index contributed by atoms with van der Waals surface area (Å²) in [4.78, 5) is 28.8. The Labute approximate surface area is 200 Å². The molecule has 5 N–H and O–H groups in total. The fourth-order valence-corrected chi connectivity index (χ4v) is 3.37. The van der Waals surface area contributed by atoms with Gasteiger partial charge in [0.1, 0.15) is 11.3 Å². The van der Waals surface area contributed by atoms with Crippen molar-refractivity contribution in [2.75, 3.05) is 24.7 Å². The normalized spacial score (nSPS) is 15.7. The van der Waals surface area contributed by atoms with Crippen LogP contribution in [0.5, 0.6) is 5.75 Å². The number of carbonyl (C=O) groups excluding carboxylic acids is 2. The van der Waals surface area contributed by atoms with Crippen molar-refractivity contribution in [1.29, 1.82) is 0 Å². The van der Waals surface area contributed by atoms with Gasteiger partial charge in [0, 0.05) is 35.5 Å². The van der Waals surface area contributed by atoms with Crippen molar-refractivity contribution in [2.45, 2.75) is 24.8 Å². The van der Waals surface area contributed by atoms with E-state index in [2.05, 4.69) is 20.7 Å². The van der Waals surface area contributed by atoms with Crippen LogP contribution in [0.2, 0.25) is 0 Å². The quantitative estimate of drug-likeness (QED) is 0.311. The van der Waals surface area contributed by atoms with Crippen LogP contribution in [0.25, 0.3) is 5.52 Å². The number of aliphatic hydroxyl groups is 2. The molecule has 2 amide bonds. The third kappa shape index (κ3) is 4.44. The van der Waals surface area contributed by atoms with Gasteiger partial charge in [-0.05, 0) is 18.9 Å². The Balaban J connectivity index is 1.81. The molecular formula is C21H21F3N6O5. The van der Waals surface area contributed by atoms with Crippen LogP contribution < -0.4 is 20.7 Å². The van der Waals surface area contributed by atoms with Gasteiger partial charge in [-0.2, -0.15) is 18.3 Å². The molecule has 0 unspecified atom stereocenters. The predicted octanol–water partition coefficient (Wildman–Crippen LogP) is 1.89. The van der Waals surface area contributed by atoms with Crippen molar-refractivity contribution < 1.29 is 41.8 Å². The van der Waals surface area contributed by atoms with Gasteiger partial charge < -0.3 is 30.9 Å². The molecule has 0 bridgehead atoms. The van der Waals surface area contributed by atoms with Crippen molar-refractivity contribution in [1.82, 2.24) is 19.9 Å². The van der Waals surface area contributed by atoms with Gasteiger partial charge >= 0.3 is 6.18 Å². The molecule has 3 aromatic heterocycles. The van der Waals surface area contributed by atoms with Crippen molar-refractivity contribution in [3.05, 3.63) is 41.9 Å². The SMILES string of the molecule is [2H]C([2H])([2H])NC(=O)c1cnc(NC(=O)C2CC2)cc1Nc1cnn2ccc(C(O)(O)C(F)(F)F)c(OC)c12. The highest BCUT2D eigenvalue weighted by atomic mass is 19.4. The summed E-state index contributed by atoms with van der Waals surface area (Å²) < 4.78 is 68.2. The van der Waals surface area contributed by atoms with E-state index < -0.39 is 36.2 Å². The van der Waals surface area contributed by atoms with E-state index >= 15 is 0 Å². The second-order valence-electron chi connectivity index (χ2n) is 7.74. The predicted molar refractivity (Wildman–Crippen MR) is 116 cm³/mol. The lowest BCUT2D eigenvalue weighted by atomic mass is 10.0. The number of methoxy groups -OCH3 is 1. The van der Waals surface area contributed by atoms with Gasteiger partial charge in [0.15, 0.2) is 5.75 Å². The van der Waals surface area contributed by atoms with Crippen molar-refractivity contribution in [3.63, 3.8) is 0 Å². The first-order valence-electron chi connectivity index (χ1n) is 11.6. The summed E-state index contributed by atoms with van der Waals surface area (Å²) in [5.74, 6) is -6.41. The van der Waals surface area contributed by atoms with E-state index in [0.29, 0.717) is 12.8 Å². The van der Waals surface area contributed by atoms with E-state index in [1.807, 2.05) is 0 Å². The molecule has 1 aliphatic rings. The van der Waals surface area contributed by atoms with E-state index in [0.717, 1.165) is 36.3 Å². The third-order valence-electron chi connectivity index (χ3n) is 5.34. The number of fused-ring (bicyclic) bond motifs is 1. The Kier molecular flexibility index (Phi) is 5.09. The topological polar surface area (TPSA) is 150 Å². The molecule has 0 aromatic carbocycles. The molecule has 11 nitrogen and oxygen atoms in total. The van der Waals surface area contributed by atoms with Crippen LogP contribution in [0.15, 0.2) is 30.7 Å². The molecule has 0 atom stereocenters. The number of pyridine rings is 2. The number of nitrogens with one attached hydrogen (secondary N) is 3. The molecule has 0 aliphatic heterocycles. The molecule has 186 valence electrons. The molecule has 0 radical (unpaired) electrons. The lowest BCUT2D eigenvalue weighted by molar-refractivity contribution is -0.358. The number of hydrogen-bond donors (Lipinski definition) is 5. The monoisotopic (exact) mass is 497 g/mol. The van der Waals surface area contributed by atoms with Gasteiger partial charge in [0.05, 0.1) is 35.8 Å². The third-order valence-corrected chi connectivity index (χ3v) is 5.34. The zero-order valence-electron chi connectivity index (χ0n) is 21.0. The number of halogens is 3. The lowest BCUT2D eigenvalue weighted by Gasteiger charge is -2.26. The molecule has 1 fully saturated rings. The van der Waals surface area contributed by atoms with Crippen molar-refractivity contribution >= 4 is 34.5 Å². The molecule has 3 heterocycles. The van der Waals surface area contributed by atoms with E-state index in [9.17, 15) is 33.0 Å². The summed E-state index contributed by atoms with van der Waals surface area (Å²) in [5.41, 5.74) is -1.64. The molecule has 4 rings (SSSR count). The summed E-state index contributed by atoms with van der Waals surface area (Å²) in [5, 5.41) is 30.9. The number of hydrogen-bond acceptors (Lipinski definition) is 8. The molecule has 1 aliphatic carbocycles. The highest BCUT2D eigenvalue weighted by Gasteiger charge is 2.56. The molecule has 1 saturated carbocycles. The summed E-state index contributed by atoms with van der Waals surface area (Å²) in [6.07, 6.45) is -0.879. The summed E-state index contributed by atoms with van der Waals surface area (Å²) in [6.45, 7) is -2.85. The van der Waals surface area contributed by atoms with Gasteiger partial charge in [-0.15, -0.1) is 0 Å². The van der Waals surface area contributed by atoms with Crippen molar-refractivity contribution in [3.8, 4) is 5.75 Å². The average molecular weight is 497 g/mol. The average Bonchev–Trinajstić information content (AvgIpc) is 3.58. The number of anilines is 3. The number of ether oxygens (including phenoxy) is 1. The lowest BCUT2D eigenvalue weighted by Crippen LogP contribution is -2.42. The van der Waals surface area contributed by atoms with Crippen LogP contribution in [0.3, 0.4) is 0 Å². The van der Waals surface area contributed by atoms with Crippen LogP contribution in [-0.2, 0) is 10.6 Å². The fraction of sp³-hybridized carbons (Fsp3) is 0.333. The fourth-order valence-electron chi connectivity index (χ4n) is 3.37. The Morgan fingerprint density at radius 3 is 2.63 bits per heavy atom. The highest BCUT2D eigenvalue weighted by Crippen LogP contribution is 2.44. The molecule has 0 saturated heterocycles. The maximum Gasteiger partial charge on any atom is 0.447 e. The smallest absolute Gasteiger partial charge is 0.447 e. The summed E-state index contributed by atoms with van der Waals surface area (Å²) in [7, 11) is 1.01. The Bertz CT molecular complexity index is 1410. The number of alkyl halides is 3. The minimum absolute atomic E-state index is 0.0146. The van der Waals surface area contributed by atoms with Gasteiger partial charge in [-0.1, -0.05) is 0 Å². The second kappa shape index (κ2) is 8.70. The molecule has 0 spiro atoms. The first-order valence-corrected chi connectivity index (χ1v) is 10.1. The maximum absolute atomic E-state index is 13.4. The van der Waals surface area contributed by atoms with Gasteiger partial charge in [-0.25, -0.2) is 9.50 Å². The van der Waals surface area contributed by atoms with Crippen molar-refractivity contribution in [2.24, 2.45) is 5.92 Å². The zero-order chi connectivity index (χ0) is 28.0. The van der Waals surface area contributed by atoms with E-state index in [4.69, 9.17) is 8.85 Å². The van der Waals surface area contributed by atoms with Crippen LogP contribution >= 0.6 is 0 Å². The van der Waals surface area contributed by atoms with Gasteiger partial charge in [-0.3, -0.25) is 9.59 Å². The number of rotatable bonds is 7. The minimum Gasteiger partial charge on any atom is -0.494 e. The molecule has 3 aromatic rings. The first-order chi connectivity index (χ1) is 17.6. The Morgan fingerprint density at radius 2 is 2.00 bits per heavy atom.